The van der Waals surface area contributed by atoms with Crippen LogP contribution in [0.3, 0.4) is 0 Å². The molecule has 0 radical (unpaired) electrons. The van der Waals surface area contributed by atoms with Gasteiger partial charge in [-0.05, 0) is 42.8 Å². The fourth-order valence-corrected chi connectivity index (χ4v) is 2.84. The highest BCUT2D eigenvalue weighted by Gasteiger charge is 2.13. The van der Waals surface area contributed by atoms with Crippen molar-refractivity contribution >= 4 is 21.6 Å². The van der Waals surface area contributed by atoms with Gasteiger partial charge in [0.25, 0.3) is 0 Å². The van der Waals surface area contributed by atoms with Crippen LogP contribution in [-0.2, 0) is 16.6 Å². The minimum Gasteiger partial charge on any atom is -0.489 e. The summed E-state index contributed by atoms with van der Waals surface area (Å²) < 4.78 is 41.6. The SMILES string of the molecule is Cc1cc(OCc2c(F)cccc2Cl)ccc1S(N)(=O)=O. The molecule has 0 aromatic heterocycles. The van der Waals surface area contributed by atoms with E-state index in [1.807, 2.05) is 0 Å². The van der Waals surface area contributed by atoms with Crippen LogP contribution in [0, 0.1) is 12.7 Å². The molecule has 0 aliphatic carbocycles. The summed E-state index contributed by atoms with van der Waals surface area (Å²) >= 11 is 5.90. The maximum absolute atomic E-state index is 13.6. The van der Waals surface area contributed by atoms with Crippen molar-refractivity contribution in [3.8, 4) is 5.75 Å². The zero-order valence-corrected chi connectivity index (χ0v) is 12.7. The van der Waals surface area contributed by atoms with Crippen LogP contribution in [0.1, 0.15) is 11.1 Å². The first-order valence-corrected chi connectivity index (χ1v) is 7.90. The largest absolute Gasteiger partial charge is 0.489 e. The van der Waals surface area contributed by atoms with Crippen LogP contribution in [0.2, 0.25) is 5.02 Å². The van der Waals surface area contributed by atoms with Gasteiger partial charge >= 0.3 is 0 Å². The van der Waals surface area contributed by atoms with Crippen molar-refractivity contribution in [3.05, 3.63) is 58.4 Å². The standard InChI is InChI=1S/C14H13ClFNO3S/c1-9-7-10(5-6-14(9)21(17,18)19)20-8-11-12(15)3-2-4-13(11)16/h2-7H,8H2,1H3,(H2,17,18,19). The lowest BCUT2D eigenvalue weighted by molar-refractivity contribution is 0.299. The Labute approximate surface area is 127 Å². The Kier molecular flexibility index (Phi) is 4.51. The second kappa shape index (κ2) is 6.01. The maximum Gasteiger partial charge on any atom is 0.238 e. The van der Waals surface area contributed by atoms with Crippen LogP contribution in [0.15, 0.2) is 41.3 Å². The van der Waals surface area contributed by atoms with Crippen molar-refractivity contribution < 1.29 is 17.5 Å². The van der Waals surface area contributed by atoms with Gasteiger partial charge in [0.15, 0.2) is 0 Å². The molecule has 112 valence electrons. The number of halogens is 2. The lowest BCUT2D eigenvalue weighted by Gasteiger charge is -2.10. The van der Waals surface area contributed by atoms with Crippen LogP contribution in [-0.4, -0.2) is 8.42 Å². The second-order valence-electron chi connectivity index (χ2n) is 4.46. The van der Waals surface area contributed by atoms with E-state index in [-0.39, 0.29) is 22.1 Å². The Morgan fingerprint density at radius 3 is 2.57 bits per heavy atom. The molecule has 0 atom stereocenters. The first kappa shape index (κ1) is 15.8. The Hall–Kier alpha value is -1.63. The van der Waals surface area contributed by atoms with E-state index in [1.54, 1.807) is 13.0 Å². The Morgan fingerprint density at radius 1 is 1.29 bits per heavy atom. The lowest BCUT2D eigenvalue weighted by atomic mass is 10.2. The summed E-state index contributed by atoms with van der Waals surface area (Å²) in [6.45, 7) is 1.54. The third kappa shape index (κ3) is 3.72. The molecule has 0 amide bonds. The summed E-state index contributed by atoms with van der Waals surface area (Å²) in [5, 5.41) is 5.35. The van der Waals surface area contributed by atoms with Gasteiger partial charge in [0.2, 0.25) is 10.0 Å². The molecule has 0 saturated heterocycles. The topological polar surface area (TPSA) is 69.4 Å². The van der Waals surface area contributed by atoms with Crippen LogP contribution in [0.25, 0.3) is 0 Å². The molecular formula is C14H13ClFNO3S. The normalized spacial score (nSPS) is 11.4. The summed E-state index contributed by atoms with van der Waals surface area (Å²) in [5.41, 5.74) is 0.696. The van der Waals surface area contributed by atoms with Crippen molar-refractivity contribution in [2.24, 2.45) is 5.14 Å². The van der Waals surface area contributed by atoms with Gasteiger partial charge in [0.05, 0.1) is 9.92 Å². The molecule has 0 saturated carbocycles. The fraction of sp³-hybridized carbons (Fsp3) is 0.143. The zero-order chi connectivity index (χ0) is 15.6. The molecule has 7 heteroatoms. The smallest absolute Gasteiger partial charge is 0.238 e. The van der Waals surface area contributed by atoms with E-state index in [1.165, 1.54) is 30.3 Å². The molecule has 2 aromatic carbocycles. The number of rotatable bonds is 4. The molecular weight excluding hydrogens is 317 g/mol. The lowest BCUT2D eigenvalue weighted by Crippen LogP contribution is -2.13. The molecule has 0 heterocycles. The number of nitrogens with two attached hydrogens (primary N) is 1. The van der Waals surface area contributed by atoms with Crippen LogP contribution in [0.4, 0.5) is 4.39 Å². The van der Waals surface area contributed by atoms with Gasteiger partial charge in [-0.2, -0.15) is 0 Å². The van der Waals surface area contributed by atoms with Crippen LogP contribution >= 0.6 is 11.6 Å². The second-order valence-corrected chi connectivity index (χ2v) is 6.40. The number of aryl methyl sites for hydroxylation is 1. The summed E-state index contributed by atoms with van der Waals surface area (Å²) in [4.78, 5) is 0.0266. The Morgan fingerprint density at radius 2 is 2.00 bits per heavy atom. The quantitative estimate of drug-likeness (QED) is 0.937. The van der Waals surface area contributed by atoms with Crippen LogP contribution in [0.5, 0.6) is 5.75 Å². The Balaban J connectivity index is 2.20. The average molecular weight is 330 g/mol. The third-order valence-electron chi connectivity index (χ3n) is 2.90. The predicted molar refractivity (Wildman–Crippen MR) is 78.3 cm³/mol. The highest BCUT2D eigenvalue weighted by atomic mass is 35.5. The molecule has 21 heavy (non-hydrogen) atoms. The molecule has 0 aliphatic heterocycles. The minimum absolute atomic E-state index is 0.0266. The van der Waals surface area contributed by atoms with Crippen molar-refractivity contribution in [2.45, 2.75) is 18.4 Å². The van der Waals surface area contributed by atoms with E-state index < -0.39 is 15.8 Å². The number of benzene rings is 2. The highest BCUT2D eigenvalue weighted by Crippen LogP contribution is 2.24. The first-order chi connectivity index (χ1) is 9.79. The number of hydrogen-bond acceptors (Lipinski definition) is 3. The van der Waals surface area contributed by atoms with E-state index in [2.05, 4.69) is 0 Å². The first-order valence-electron chi connectivity index (χ1n) is 5.98. The third-order valence-corrected chi connectivity index (χ3v) is 4.32. The van der Waals surface area contributed by atoms with Crippen LogP contribution < -0.4 is 9.88 Å². The monoisotopic (exact) mass is 329 g/mol. The van der Waals surface area contributed by atoms with Gasteiger partial charge < -0.3 is 4.74 Å². The molecule has 0 bridgehead atoms. The van der Waals surface area contributed by atoms with Gasteiger partial charge in [-0.3, -0.25) is 0 Å². The average Bonchev–Trinajstić information content (AvgIpc) is 2.36. The molecule has 2 aromatic rings. The molecule has 0 fully saturated rings. The van der Waals surface area contributed by atoms with Crippen molar-refractivity contribution in [2.75, 3.05) is 0 Å². The number of primary sulfonamides is 1. The van der Waals surface area contributed by atoms with Gasteiger partial charge in [-0.1, -0.05) is 17.7 Å². The summed E-state index contributed by atoms with van der Waals surface area (Å²) in [6, 6.07) is 8.70. The van der Waals surface area contributed by atoms with Gasteiger partial charge in [0, 0.05) is 5.56 Å². The van der Waals surface area contributed by atoms with Gasteiger partial charge in [-0.25, -0.2) is 17.9 Å². The summed E-state index contributed by atoms with van der Waals surface area (Å²) in [5.74, 6) is -0.0559. The van der Waals surface area contributed by atoms with Gasteiger partial charge in [-0.15, -0.1) is 0 Å². The molecule has 2 rings (SSSR count). The number of hydrogen-bond donors (Lipinski definition) is 1. The number of ether oxygens (including phenoxy) is 1. The molecule has 4 nitrogen and oxygen atoms in total. The zero-order valence-electron chi connectivity index (χ0n) is 11.1. The van der Waals surface area contributed by atoms with E-state index in [4.69, 9.17) is 21.5 Å². The molecule has 2 N–H and O–H groups in total. The van der Waals surface area contributed by atoms with E-state index in [0.717, 1.165) is 0 Å². The van der Waals surface area contributed by atoms with E-state index in [0.29, 0.717) is 11.3 Å². The van der Waals surface area contributed by atoms with E-state index >= 15 is 0 Å². The predicted octanol–water partition coefficient (Wildman–Crippen LogP) is 3.01. The number of sulfonamides is 1. The maximum atomic E-state index is 13.6. The van der Waals surface area contributed by atoms with E-state index in [9.17, 15) is 12.8 Å². The van der Waals surface area contributed by atoms with Crippen molar-refractivity contribution in [1.82, 2.24) is 0 Å². The Bertz CT molecular complexity index is 758. The van der Waals surface area contributed by atoms with Gasteiger partial charge in [0.1, 0.15) is 18.2 Å². The molecule has 0 spiro atoms. The summed E-state index contributed by atoms with van der Waals surface area (Å²) in [6.07, 6.45) is 0. The molecule has 0 aliphatic rings. The molecule has 0 unspecified atom stereocenters. The fourth-order valence-electron chi connectivity index (χ4n) is 1.86. The van der Waals surface area contributed by atoms with Crippen molar-refractivity contribution in [1.29, 1.82) is 0 Å². The van der Waals surface area contributed by atoms with Crippen molar-refractivity contribution in [3.63, 3.8) is 0 Å². The summed E-state index contributed by atoms with van der Waals surface area (Å²) in [7, 11) is -3.77. The minimum atomic E-state index is -3.77. The highest BCUT2D eigenvalue weighted by molar-refractivity contribution is 7.89.